The fourth-order valence-corrected chi connectivity index (χ4v) is 2.96. The normalized spacial score (nSPS) is 9.96. The van der Waals surface area contributed by atoms with Crippen molar-refractivity contribution in [1.82, 2.24) is 9.55 Å². The van der Waals surface area contributed by atoms with Crippen molar-refractivity contribution in [1.29, 1.82) is 5.26 Å². The van der Waals surface area contributed by atoms with E-state index < -0.39 is 0 Å². The highest BCUT2D eigenvalue weighted by Gasteiger charge is 2.11. The largest absolute Gasteiger partial charge is 0.455 e. The van der Waals surface area contributed by atoms with Gasteiger partial charge in [0.2, 0.25) is 0 Å². The molecule has 4 rings (SSSR count). The molecule has 0 aliphatic heterocycles. The first-order chi connectivity index (χ1) is 13.3. The van der Waals surface area contributed by atoms with Crippen LogP contribution in [0.25, 0.3) is 11.1 Å². The molecular formula is C23H18ClN3O. The number of nitrogens with zero attached hydrogens (tertiary/aromatic N) is 3. The van der Waals surface area contributed by atoms with Crippen molar-refractivity contribution >= 4 is 12.4 Å². The van der Waals surface area contributed by atoms with Gasteiger partial charge in [0.1, 0.15) is 17.6 Å². The average Bonchev–Trinajstić information content (AvgIpc) is 3.22. The van der Waals surface area contributed by atoms with Crippen LogP contribution in [-0.2, 0) is 6.54 Å². The number of aromatic nitrogens is 2. The highest BCUT2D eigenvalue weighted by Crippen LogP contribution is 2.34. The van der Waals surface area contributed by atoms with Gasteiger partial charge in [-0.3, -0.25) is 0 Å². The van der Waals surface area contributed by atoms with E-state index in [1.165, 1.54) is 0 Å². The molecule has 138 valence electrons. The Bertz CT molecular complexity index is 1090. The number of imidazole rings is 1. The Morgan fingerprint density at radius 1 is 0.929 bits per heavy atom. The van der Waals surface area contributed by atoms with Gasteiger partial charge in [0, 0.05) is 24.5 Å². The van der Waals surface area contributed by atoms with Crippen molar-refractivity contribution in [2.45, 2.75) is 6.54 Å². The zero-order valence-corrected chi connectivity index (χ0v) is 15.8. The molecule has 3 aromatic carbocycles. The molecule has 0 spiro atoms. The summed E-state index contributed by atoms with van der Waals surface area (Å²) in [5.74, 6) is 1.28. The van der Waals surface area contributed by atoms with E-state index in [0.717, 1.165) is 22.4 Å². The summed E-state index contributed by atoms with van der Waals surface area (Å²) >= 11 is 0. The maximum Gasteiger partial charge on any atom is 0.145 e. The van der Waals surface area contributed by atoms with Gasteiger partial charge >= 0.3 is 0 Å². The van der Waals surface area contributed by atoms with Gasteiger partial charge in [-0.15, -0.1) is 12.4 Å². The van der Waals surface area contributed by atoms with Gasteiger partial charge in [-0.05, 0) is 29.3 Å². The summed E-state index contributed by atoms with van der Waals surface area (Å²) in [6.45, 7) is 0.669. The summed E-state index contributed by atoms with van der Waals surface area (Å²) in [4.78, 5) is 4.07. The number of para-hydroxylation sites is 1. The number of hydrogen-bond donors (Lipinski definition) is 0. The van der Waals surface area contributed by atoms with Crippen LogP contribution in [0, 0.1) is 11.3 Å². The van der Waals surface area contributed by atoms with Crippen LogP contribution in [0.1, 0.15) is 11.1 Å². The summed E-state index contributed by atoms with van der Waals surface area (Å²) in [6, 6.07) is 25.8. The van der Waals surface area contributed by atoms with Gasteiger partial charge < -0.3 is 9.30 Å². The van der Waals surface area contributed by atoms with E-state index in [9.17, 15) is 5.26 Å². The molecule has 5 heteroatoms. The Morgan fingerprint density at radius 2 is 1.71 bits per heavy atom. The number of hydrogen-bond acceptors (Lipinski definition) is 3. The van der Waals surface area contributed by atoms with Crippen molar-refractivity contribution in [3.63, 3.8) is 0 Å². The van der Waals surface area contributed by atoms with Crippen molar-refractivity contribution in [2.24, 2.45) is 0 Å². The third kappa shape index (κ3) is 4.22. The van der Waals surface area contributed by atoms with E-state index in [2.05, 4.69) is 11.1 Å². The van der Waals surface area contributed by atoms with Gasteiger partial charge in [-0.2, -0.15) is 5.26 Å². The molecule has 0 saturated carbocycles. The number of nitriles is 1. The molecule has 4 aromatic rings. The maximum atomic E-state index is 9.49. The summed E-state index contributed by atoms with van der Waals surface area (Å²) in [7, 11) is 0. The van der Waals surface area contributed by atoms with Crippen molar-refractivity contribution < 1.29 is 4.74 Å². The van der Waals surface area contributed by atoms with E-state index in [0.29, 0.717) is 17.9 Å². The fourth-order valence-electron chi connectivity index (χ4n) is 2.96. The Morgan fingerprint density at radius 3 is 2.46 bits per heavy atom. The first-order valence-electron chi connectivity index (χ1n) is 8.64. The van der Waals surface area contributed by atoms with Crippen molar-refractivity contribution in [3.05, 3.63) is 103 Å². The zero-order valence-electron chi connectivity index (χ0n) is 15.0. The summed E-state index contributed by atoms with van der Waals surface area (Å²) in [6.07, 6.45) is 5.42. The van der Waals surface area contributed by atoms with E-state index in [4.69, 9.17) is 4.74 Å². The Hall–Kier alpha value is -3.55. The molecule has 0 atom stereocenters. The molecule has 0 aliphatic carbocycles. The van der Waals surface area contributed by atoms with E-state index in [1.807, 2.05) is 77.5 Å². The second-order valence-corrected chi connectivity index (χ2v) is 6.14. The molecule has 0 aliphatic rings. The van der Waals surface area contributed by atoms with Crippen molar-refractivity contribution in [3.8, 4) is 28.7 Å². The number of benzene rings is 3. The molecular weight excluding hydrogens is 370 g/mol. The Balaban J connectivity index is 0.00000225. The molecule has 0 saturated heterocycles. The Kier molecular flexibility index (Phi) is 6.11. The lowest BCUT2D eigenvalue weighted by Gasteiger charge is -2.13. The predicted molar refractivity (Wildman–Crippen MR) is 112 cm³/mol. The lowest BCUT2D eigenvalue weighted by Crippen LogP contribution is -1.98. The van der Waals surface area contributed by atoms with Gasteiger partial charge in [0.25, 0.3) is 0 Å². The van der Waals surface area contributed by atoms with Gasteiger partial charge in [-0.1, -0.05) is 54.6 Å². The molecule has 0 N–H and O–H groups in total. The standard InChI is InChI=1S/C23H17N3O.ClH/c24-15-20-11-10-18(16-26-13-12-25-17-26)14-23(20)27-22-9-5-4-8-21(22)19-6-2-1-3-7-19;/h1-14,17H,16H2;1H. The van der Waals surface area contributed by atoms with Crippen LogP contribution < -0.4 is 4.74 Å². The topological polar surface area (TPSA) is 50.8 Å². The fraction of sp³-hybridized carbons (Fsp3) is 0.0435. The highest BCUT2D eigenvalue weighted by atomic mass is 35.5. The van der Waals surface area contributed by atoms with E-state index >= 15 is 0 Å². The van der Waals surface area contributed by atoms with E-state index in [-0.39, 0.29) is 12.4 Å². The van der Waals surface area contributed by atoms with Gasteiger partial charge in [0.15, 0.2) is 0 Å². The number of rotatable bonds is 5. The minimum absolute atomic E-state index is 0. The molecule has 0 unspecified atom stereocenters. The van der Waals surface area contributed by atoms with Crippen LogP contribution >= 0.6 is 12.4 Å². The number of halogens is 1. The van der Waals surface area contributed by atoms with Crippen LogP contribution in [0.4, 0.5) is 0 Å². The first-order valence-corrected chi connectivity index (χ1v) is 8.64. The molecule has 0 radical (unpaired) electrons. The summed E-state index contributed by atoms with van der Waals surface area (Å²) in [5.41, 5.74) is 3.61. The second-order valence-electron chi connectivity index (χ2n) is 6.14. The van der Waals surface area contributed by atoms with Crippen LogP contribution in [0.2, 0.25) is 0 Å². The molecule has 28 heavy (non-hydrogen) atoms. The highest BCUT2D eigenvalue weighted by molar-refractivity contribution is 5.85. The summed E-state index contributed by atoms with van der Waals surface area (Å²) < 4.78 is 8.17. The van der Waals surface area contributed by atoms with Gasteiger partial charge in [0.05, 0.1) is 11.9 Å². The number of ether oxygens (including phenoxy) is 1. The lowest BCUT2D eigenvalue weighted by molar-refractivity contribution is 0.482. The minimum Gasteiger partial charge on any atom is -0.455 e. The third-order valence-corrected chi connectivity index (χ3v) is 4.28. The zero-order chi connectivity index (χ0) is 18.5. The smallest absolute Gasteiger partial charge is 0.145 e. The first kappa shape index (κ1) is 19.2. The monoisotopic (exact) mass is 387 g/mol. The van der Waals surface area contributed by atoms with Crippen molar-refractivity contribution in [2.75, 3.05) is 0 Å². The molecule has 0 bridgehead atoms. The van der Waals surface area contributed by atoms with Gasteiger partial charge in [-0.25, -0.2) is 4.98 Å². The van der Waals surface area contributed by atoms with Crippen LogP contribution in [0.3, 0.4) is 0 Å². The predicted octanol–water partition coefficient (Wildman–Crippen LogP) is 5.68. The van der Waals surface area contributed by atoms with E-state index in [1.54, 1.807) is 18.6 Å². The third-order valence-electron chi connectivity index (χ3n) is 4.28. The van der Waals surface area contributed by atoms with Crippen LogP contribution in [-0.4, -0.2) is 9.55 Å². The molecule has 4 nitrogen and oxygen atoms in total. The van der Waals surface area contributed by atoms with Crippen LogP contribution in [0.5, 0.6) is 11.5 Å². The molecule has 0 amide bonds. The summed E-state index contributed by atoms with van der Waals surface area (Å²) in [5, 5.41) is 9.49. The molecule has 1 heterocycles. The maximum absolute atomic E-state index is 9.49. The second kappa shape index (κ2) is 8.90. The SMILES string of the molecule is Cl.N#Cc1ccc(Cn2ccnc2)cc1Oc1ccccc1-c1ccccc1. The average molecular weight is 388 g/mol. The van der Waals surface area contributed by atoms with Crippen LogP contribution in [0.15, 0.2) is 91.5 Å². The minimum atomic E-state index is 0. The molecule has 0 fully saturated rings. The lowest BCUT2D eigenvalue weighted by atomic mass is 10.0. The molecule has 1 aromatic heterocycles. The Labute approximate surface area is 170 Å². The quantitative estimate of drug-likeness (QED) is 0.442.